The Kier molecular flexibility index (Phi) is 2.83. The van der Waals surface area contributed by atoms with Crippen molar-refractivity contribution in [3.63, 3.8) is 0 Å². The van der Waals surface area contributed by atoms with E-state index in [1.54, 1.807) is 0 Å². The van der Waals surface area contributed by atoms with Gasteiger partial charge in [-0.25, -0.2) is 0 Å². The normalized spacial score (nSPS) is 37.8. The van der Waals surface area contributed by atoms with E-state index in [9.17, 15) is 5.11 Å². The topological polar surface area (TPSA) is 51.2 Å². The van der Waals surface area contributed by atoms with Gasteiger partial charge >= 0.3 is 0 Å². The minimum absolute atomic E-state index is 0.0344. The second kappa shape index (κ2) is 3.92. The van der Waals surface area contributed by atoms with Crippen molar-refractivity contribution in [1.29, 1.82) is 0 Å². The molecule has 2 aliphatic rings. The van der Waals surface area contributed by atoms with Crippen LogP contribution in [-0.2, 0) is 14.2 Å². The summed E-state index contributed by atoms with van der Waals surface area (Å²) in [6, 6.07) is 0. The van der Waals surface area contributed by atoms with Gasteiger partial charge in [-0.2, -0.15) is 0 Å². The molecule has 0 amide bonds. The average Bonchev–Trinajstić information content (AvgIpc) is 2.74. The molecule has 0 spiro atoms. The molecule has 13 heavy (non-hydrogen) atoms. The van der Waals surface area contributed by atoms with E-state index < -0.39 is 6.29 Å². The fourth-order valence-corrected chi connectivity index (χ4v) is 1.43. The van der Waals surface area contributed by atoms with Gasteiger partial charge in [0.15, 0.2) is 25.0 Å². The van der Waals surface area contributed by atoms with E-state index in [0.29, 0.717) is 6.42 Å². The molecule has 0 radical (unpaired) electrons. The van der Waals surface area contributed by atoms with Crippen LogP contribution in [0.25, 0.3) is 0 Å². The number of ether oxygens (including phenoxy) is 3. The molecule has 2 rings (SSSR count). The minimum Gasteiger partial charge on any atom is -0.368 e. The van der Waals surface area contributed by atoms with Gasteiger partial charge in [-0.05, 0) is 12.8 Å². The molecule has 2 saturated heterocycles. The molecule has 4 unspecified atom stereocenters. The van der Waals surface area contributed by atoms with Gasteiger partial charge in [0.25, 0.3) is 0 Å². The summed E-state index contributed by atoms with van der Waals surface area (Å²) in [4.78, 5) is 0. The maximum Gasteiger partial charge on any atom is 0.195 e. The highest BCUT2D eigenvalue weighted by molar-refractivity contribution is 4.90. The smallest absolute Gasteiger partial charge is 0.195 e. The van der Waals surface area contributed by atoms with Crippen molar-refractivity contribution in [2.45, 2.75) is 57.6 Å². The summed E-state index contributed by atoms with van der Waals surface area (Å²) in [5.74, 6) is 0. The predicted octanol–water partition coefficient (Wildman–Crippen LogP) is 0.983. The van der Waals surface area contributed by atoms with Crippen molar-refractivity contribution >= 4 is 0 Å². The van der Waals surface area contributed by atoms with Crippen LogP contribution in [-0.4, -0.2) is 30.1 Å². The third-order valence-corrected chi connectivity index (χ3v) is 2.37. The first kappa shape index (κ1) is 9.40. The average molecular weight is 188 g/mol. The molecule has 4 nitrogen and oxygen atoms in total. The van der Waals surface area contributed by atoms with E-state index in [4.69, 9.17) is 14.2 Å². The first-order valence-electron chi connectivity index (χ1n) is 4.95. The first-order chi connectivity index (χ1) is 6.31. The Labute approximate surface area is 77.8 Å². The molecule has 2 aliphatic heterocycles. The second-order valence-electron chi connectivity index (χ2n) is 3.56. The van der Waals surface area contributed by atoms with Crippen LogP contribution in [0.3, 0.4) is 0 Å². The maximum atomic E-state index is 9.39. The highest BCUT2D eigenvalue weighted by atomic mass is 16.9. The maximum absolute atomic E-state index is 9.39. The molecule has 0 aliphatic carbocycles. The van der Waals surface area contributed by atoms with Crippen LogP contribution >= 0.6 is 0 Å². The van der Waals surface area contributed by atoms with Crippen molar-refractivity contribution in [1.82, 2.24) is 0 Å². The summed E-state index contributed by atoms with van der Waals surface area (Å²) >= 11 is 0. The fraction of sp³-hybridized carbons (Fsp3) is 1.00. The molecule has 0 saturated carbocycles. The molecule has 2 fully saturated rings. The van der Waals surface area contributed by atoms with Crippen molar-refractivity contribution in [3.8, 4) is 0 Å². The van der Waals surface area contributed by atoms with Gasteiger partial charge in [-0.15, -0.1) is 0 Å². The number of hydrogen-bond acceptors (Lipinski definition) is 4. The first-order valence-corrected chi connectivity index (χ1v) is 4.95. The van der Waals surface area contributed by atoms with Gasteiger partial charge in [-0.3, -0.25) is 0 Å². The van der Waals surface area contributed by atoms with Gasteiger partial charge in [0, 0.05) is 0 Å². The highest BCUT2D eigenvalue weighted by Gasteiger charge is 2.60. The molecule has 0 bridgehead atoms. The number of aliphatic hydroxyl groups excluding tert-OH is 1. The lowest BCUT2D eigenvalue weighted by atomic mass is 10.2. The lowest BCUT2D eigenvalue weighted by molar-refractivity contribution is -0.268. The van der Waals surface area contributed by atoms with Crippen LogP contribution in [0.4, 0.5) is 0 Å². The predicted molar refractivity (Wildman–Crippen MR) is 44.8 cm³/mol. The number of rotatable bonds is 6. The molecule has 2 heterocycles. The lowest BCUT2D eigenvalue weighted by Gasteiger charge is -2.24. The summed E-state index contributed by atoms with van der Waals surface area (Å²) in [5.41, 5.74) is 0. The molecular formula is C9H16O4. The Balaban J connectivity index is 1.53. The van der Waals surface area contributed by atoms with Crippen LogP contribution in [0.15, 0.2) is 0 Å². The third kappa shape index (κ3) is 2.20. The molecule has 0 aromatic carbocycles. The zero-order valence-corrected chi connectivity index (χ0v) is 7.81. The van der Waals surface area contributed by atoms with E-state index in [1.165, 1.54) is 0 Å². The summed E-state index contributed by atoms with van der Waals surface area (Å²) in [7, 11) is 0. The largest absolute Gasteiger partial charge is 0.368 e. The molecule has 4 atom stereocenters. The Bertz CT molecular complexity index is 173. The quantitative estimate of drug-likeness (QED) is 0.383. The lowest BCUT2D eigenvalue weighted by Crippen LogP contribution is -2.38. The summed E-state index contributed by atoms with van der Waals surface area (Å²) in [6.45, 7) is 2.13. The standard InChI is InChI=1S/C9H16O4/c1-2-3-4-5-6(10)11-8-7-9(12-7)13-8/h6-10H,2-5H2,1H3. The van der Waals surface area contributed by atoms with E-state index in [-0.39, 0.29) is 18.7 Å². The van der Waals surface area contributed by atoms with Gasteiger partial charge in [0.2, 0.25) is 0 Å². The Morgan fingerprint density at radius 2 is 2.23 bits per heavy atom. The van der Waals surface area contributed by atoms with E-state index >= 15 is 0 Å². The number of fused-ring (bicyclic) bond motifs is 1. The zero-order valence-electron chi connectivity index (χ0n) is 7.81. The van der Waals surface area contributed by atoms with E-state index in [2.05, 4.69) is 6.92 Å². The van der Waals surface area contributed by atoms with Crippen LogP contribution in [0.2, 0.25) is 0 Å². The van der Waals surface area contributed by atoms with Crippen molar-refractivity contribution < 1.29 is 19.3 Å². The van der Waals surface area contributed by atoms with Crippen molar-refractivity contribution in [3.05, 3.63) is 0 Å². The number of aliphatic hydroxyl groups is 1. The van der Waals surface area contributed by atoms with Crippen molar-refractivity contribution in [2.24, 2.45) is 0 Å². The second-order valence-corrected chi connectivity index (χ2v) is 3.56. The van der Waals surface area contributed by atoms with Crippen LogP contribution in [0.5, 0.6) is 0 Å². The highest BCUT2D eigenvalue weighted by Crippen LogP contribution is 2.41. The minimum atomic E-state index is -0.693. The van der Waals surface area contributed by atoms with Gasteiger partial charge in [-0.1, -0.05) is 19.8 Å². The van der Waals surface area contributed by atoms with Crippen molar-refractivity contribution in [2.75, 3.05) is 0 Å². The third-order valence-electron chi connectivity index (χ3n) is 2.37. The van der Waals surface area contributed by atoms with E-state index in [0.717, 1.165) is 19.3 Å². The van der Waals surface area contributed by atoms with Gasteiger partial charge in [0.05, 0.1) is 0 Å². The van der Waals surface area contributed by atoms with Crippen LogP contribution < -0.4 is 0 Å². The molecular weight excluding hydrogens is 172 g/mol. The van der Waals surface area contributed by atoms with Crippen LogP contribution in [0.1, 0.15) is 32.6 Å². The Morgan fingerprint density at radius 3 is 2.77 bits per heavy atom. The molecule has 4 heteroatoms. The molecule has 1 N–H and O–H groups in total. The number of unbranched alkanes of at least 4 members (excludes halogenated alkanes) is 2. The summed E-state index contributed by atoms with van der Waals surface area (Å²) in [5, 5.41) is 9.39. The molecule has 76 valence electrons. The Morgan fingerprint density at radius 1 is 1.38 bits per heavy atom. The van der Waals surface area contributed by atoms with E-state index in [1.807, 2.05) is 0 Å². The van der Waals surface area contributed by atoms with Gasteiger partial charge in [0.1, 0.15) is 0 Å². The van der Waals surface area contributed by atoms with Gasteiger partial charge < -0.3 is 19.3 Å². The summed E-state index contributed by atoms with van der Waals surface area (Å²) < 4.78 is 15.3. The number of hydrogen-bond donors (Lipinski definition) is 1. The summed E-state index contributed by atoms with van der Waals surface area (Å²) in [6.07, 6.45) is 3.02. The Hall–Kier alpha value is -0.160. The number of epoxide rings is 1. The monoisotopic (exact) mass is 188 g/mol. The van der Waals surface area contributed by atoms with Crippen LogP contribution in [0, 0.1) is 0 Å². The fourth-order valence-electron chi connectivity index (χ4n) is 1.43. The SMILES string of the molecule is CCCCCC(O)OC1OC2OC12. The zero-order chi connectivity index (χ0) is 9.26. The molecule has 0 aromatic rings. The molecule has 0 aromatic heterocycles.